The molecule has 6 heterocycles. The van der Waals surface area contributed by atoms with Crippen molar-refractivity contribution in [2.24, 2.45) is 0 Å². The van der Waals surface area contributed by atoms with Crippen LogP contribution in [0.25, 0.3) is 10.9 Å². The normalized spacial score (nSPS) is 30.3. The van der Waals surface area contributed by atoms with Gasteiger partial charge in [0.15, 0.2) is 0 Å². The van der Waals surface area contributed by atoms with E-state index in [1.165, 1.54) is 16.8 Å². The van der Waals surface area contributed by atoms with Crippen LogP contribution in [0.15, 0.2) is 42.7 Å². The molecule has 1 N–H and O–H groups in total. The molecular weight excluding hydrogens is 327 g/mol. The average Bonchev–Trinajstić information content (AvgIpc) is 3.07. The monoisotopic (exact) mass is 348 g/mol. The van der Waals surface area contributed by atoms with Gasteiger partial charge in [-0.1, -0.05) is 6.07 Å². The smallest absolute Gasteiger partial charge is 0.123 e. The second-order valence-electron chi connectivity index (χ2n) is 7.84. The first-order valence-corrected chi connectivity index (χ1v) is 9.48. The number of fused-ring (bicyclic) bond motifs is 5. The second-order valence-corrected chi connectivity index (χ2v) is 7.84. The summed E-state index contributed by atoms with van der Waals surface area (Å²) in [5.41, 5.74) is 5.05. The van der Waals surface area contributed by atoms with Crippen LogP contribution in [-0.2, 0) is 12.0 Å². The Hall–Kier alpha value is -2.24. The number of nitrogens with one attached hydrogen (secondary N) is 1. The van der Waals surface area contributed by atoms with E-state index in [0.29, 0.717) is 6.17 Å². The summed E-state index contributed by atoms with van der Waals surface area (Å²) in [4.78, 5) is 13.3. The van der Waals surface area contributed by atoms with Crippen LogP contribution in [-0.4, -0.2) is 39.4 Å². The molecule has 1 atom stereocenters. The predicted octanol–water partition coefficient (Wildman–Crippen LogP) is 3.56. The van der Waals surface area contributed by atoms with Crippen molar-refractivity contribution in [2.75, 3.05) is 19.6 Å². The van der Waals surface area contributed by atoms with E-state index in [1.54, 1.807) is 12.1 Å². The van der Waals surface area contributed by atoms with Crippen molar-refractivity contribution in [3.63, 3.8) is 0 Å². The van der Waals surface area contributed by atoms with E-state index in [4.69, 9.17) is 0 Å². The quantitative estimate of drug-likeness (QED) is 0.730. The first-order valence-electron chi connectivity index (χ1n) is 9.48. The van der Waals surface area contributed by atoms with Crippen LogP contribution in [0.2, 0.25) is 0 Å². The number of benzene rings is 1. The molecule has 4 aliphatic rings. The Morgan fingerprint density at radius 1 is 1.15 bits per heavy atom. The molecule has 2 aromatic heterocycles. The van der Waals surface area contributed by atoms with Gasteiger partial charge in [-0.05, 0) is 49.1 Å². The van der Waals surface area contributed by atoms with E-state index in [0.717, 1.165) is 49.8 Å². The summed E-state index contributed by atoms with van der Waals surface area (Å²) in [6.07, 6.45) is 7.37. The van der Waals surface area contributed by atoms with Crippen LogP contribution in [0, 0.1) is 5.82 Å². The molecule has 0 saturated carbocycles. The molecule has 1 aromatic carbocycles. The molecule has 3 saturated heterocycles. The Labute approximate surface area is 151 Å². The van der Waals surface area contributed by atoms with Crippen molar-refractivity contribution in [1.29, 1.82) is 0 Å². The van der Waals surface area contributed by atoms with Gasteiger partial charge in [-0.25, -0.2) is 4.39 Å². The summed E-state index contributed by atoms with van der Waals surface area (Å²) in [6, 6.07) is 9.38. The first-order chi connectivity index (χ1) is 12.8. The maximum absolute atomic E-state index is 13.8. The summed E-state index contributed by atoms with van der Waals surface area (Å²) < 4.78 is 13.8. The molecule has 0 amide bonds. The Kier molecular flexibility index (Phi) is 2.95. The fourth-order valence-electron chi connectivity index (χ4n) is 5.62. The topological polar surface area (TPSA) is 35.2 Å². The lowest BCUT2D eigenvalue weighted by molar-refractivity contribution is -0.149. The van der Waals surface area contributed by atoms with Crippen molar-refractivity contribution in [2.45, 2.75) is 31.0 Å². The number of hydrogen-bond donors (Lipinski definition) is 1. The van der Waals surface area contributed by atoms with E-state index in [2.05, 4.69) is 25.8 Å². The molecule has 0 unspecified atom stereocenters. The number of H-pyrrole nitrogens is 1. The third kappa shape index (κ3) is 1.82. The molecule has 4 nitrogen and oxygen atoms in total. The lowest BCUT2D eigenvalue weighted by Crippen LogP contribution is -2.66. The summed E-state index contributed by atoms with van der Waals surface area (Å²) in [5.74, 6) is -0.147. The van der Waals surface area contributed by atoms with E-state index in [1.807, 2.05) is 24.5 Å². The Morgan fingerprint density at radius 3 is 2.85 bits per heavy atom. The summed E-state index contributed by atoms with van der Waals surface area (Å²) in [6.45, 7) is 3.20. The van der Waals surface area contributed by atoms with Crippen LogP contribution in [0.4, 0.5) is 4.39 Å². The average molecular weight is 348 g/mol. The summed E-state index contributed by atoms with van der Waals surface area (Å²) in [5, 5.41) is 1.07. The molecule has 3 aromatic rings. The van der Waals surface area contributed by atoms with Gasteiger partial charge < -0.3 is 4.98 Å². The molecule has 5 heteroatoms. The number of hydrogen-bond acceptors (Lipinski definition) is 3. The number of aromatic nitrogens is 2. The number of halogens is 1. The van der Waals surface area contributed by atoms with Gasteiger partial charge in [0.25, 0.3) is 0 Å². The van der Waals surface area contributed by atoms with Gasteiger partial charge in [0.2, 0.25) is 0 Å². The van der Waals surface area contributed by atoms with E-state index < -0.39 is 0 Å². The van der Waals surface area contributed by atoms with E-state index in [9.17, 15) is 4.39 Å². The van der Waals surface area contributed by atoms with Crippen molar-refractivity contribution in [3.8, 4) is 0 Å². The van der Waals surface area contributed by atoms with Crippen molar-refractivity contribution < 1.29 is 4.39 Å². The highest BCUT2D eigenvalue weighted by molar-refractivity contribution is 5.85. The van der Waals surface area contributed by atoms with Gasteiger partial charge in [0.05, 0.1) is 11.7 Å². The zero-order valence-electron chi connectivity index (χ0n) is 14.6. The van der Waals surface area contributed by atoms with Crippen molar-refractivity contribution in [3.05, 3.63) is 65.4 Å². The molecule has 7 rings (SSSR count). The van der Waals surface area contributed by atoms with Crippen LogP contribution >= 0.6 is 0 Å². The minimum Gasteiger partial charge on any atom is -0.357 e. The van der Waals surface area contributed by atoms with Gasteiger partial charge in [-0.2, -0.15) is 0 Å². The number of nitrogens with zero attached hydrogens (tertiary/aromatic N) is 3. The highest BCUT2D eigenvalue weighted by atomic mass is 19.1. The zero-order chi connectivity index (χ0) is 17.3. The van der Waals surface area contributed by atoms with Gasteiger partial charge in [-0.15, -0.1) is 0 Å². The van der Waals surface area contributed by atoms with Gasteiger partial charge in [-0.3, -0.25) is 14.8 Å². The van der Waals surface area contributed by atoms with Crippen molar-refractivity contribution in [1.82, 2.24) is 19.8 Å². The Balaban J connectivity index is 1.54. The van der Waals surface area contributed by atoms with E-state index >= 15 is 0 Å². The third-order valence-electron chi connectivity index (χ3n) is 6.73. The molecule has 26 heavy (non-hydrogen) atoms. The molecule has 2 bridgehead atoms. The molecular formula is C21H21FN4. The number of piperidine rings is 1. The minimum atomic E-state index is -0.147. The number of pyridine rings is 1. The van der Waals surface area contributed by atoms with Gasteiger partial charge in [0.1, 0.15) is 5.82 Å². The molecule has 0 aliphatic carbocycles. The van der Waals surface area contributed by atoms with E-state index in [-0.39, 0.29) is 11.4 Å². The highest BCUT2D eigenvalue weighted by Gasteiger charge is 2.55. The molecule has 0 radical (unpaired) electrons. The Morgan fingerprint density at radius 2 is 2.04 bits per heavy atom. The Bertz CT molecular complexity index is 988. The number of rotatable bonds is 1. The minimum absolute atomic E-state index is 0.0400. The third-order valence-corrected chi connectivity index (χ3v) is 6.73. The highest BCUT2D eigenvalue weighted by Crippen LogP contribution is 2.53. The summed E-state index contributed by atoms with van der Waals surface area (Å²) >= 11 is 0. The standard InChI is InChI=1S/C21H21FN4/c22-15-3-4-18-17(12-15)16-5-9-26-20(14-2-1-8-23-13-14)25-10-6-21(26,7-11-25)19(16)24-18/h1-4,8,12-13,20,24H,5-7,9-11H2/t20-/m1/s1. The molecule has 3 fully saturated rings. The largest absolute Gasteiger partial charge is 0.357 e. The van der Waals surface area contributed by atoms with Crippen molar-refractivity contribution >= 4 is 10.9 Å². The lowest BCUT2D eigenvalue weighted by atomic mass is 9.74. The zero-order valence-corrected chi connectivity index (χ0v) is 14.6. The second kappa shape index (κ2) is 5.15. The van der Waals surface area contributed by atoms with Gasteiger partial charge >= 0.3 is 0 Å². The molecule has 4 aliphatic heterocycles. The van der Waals surface area contributed by atoms with Crippen LogP contribution < -0.4 is 0 Å². The SMILES string of the molecule is Fc1ccc2[nH]c3c(c2c1)CCN1[C@H](c2cccnc2)N2CCC31CC2. The maximum atomic E-state index is 13.8. The predicted molar refractivity (Wildman–Crippen MR) is 98.1 cm³/mol. The van der Waals surface area contributed by atoms with Crippen LogP contribution in [0.1, 0.15) is 35.8 Å². The van der Waals surface area contributed by atoms with Crippen LogP contribution in [0.5, 0.6) is 0 Å². The van der Waals surface area contributed by atoms with Crippen LogP contribution in [0.3, 0.4) is 0 Å². The maximum Gasteiger partial charge on any atom is 0.123 e. The molecule has 1 spiro atoms. The van der Waals surface area contributed by atoms with Gasteiger partial charge in [0, 0.05) is 54.2 Å². The number of aromatic amines is 1. The lowest BCUT2D eigenvalue weighted by Gasteiger charge is -2.62. The summed E-state index contributed by atoms with van der Waals surface area (Å²) in [7, 11) is 0. The fourth-order valence-corrected chi connectivity index (χ4v) is 5.62. The molecule has 132 valence electrons. The first kappa shape index (κ1) is 14.9. The fraction of sp³-hybridized carbons (Fsp3) is 0.381.